The molecule has 1 fully saturated rings. The van der Waals surface area contributed by atoms with Gasteiger partial charge in [0.1, 0.15) is 5.75 Å². The van der Waals surface area contributed by atoms with Crippen LogP contribution in [0.5, 0.6) is 5.75 Å². The molecule has 0 radical (unpaired) electrons. The van der Waals surface area contributed by atoms with Gasteiger partial charge in [0.05, 0.1) is 19.9 Å². The van der Waals surface area contributed by atoms with Gasteiger partial charge in [0.2, 0.25) is 0 Å². The second-order valence-electron chi connectivity index (χ2n) is 6.47. The lowest BCUT2D eigenvalue weighted by Crippen LogP contribution is -2.40. The smallest absolute Gasteiger partial charge is 0.314 e. The number of benzene rings is 1. The molecule has 2 aromatic heterocycles. The van der Waals surface area contributed by atoms with Gasteiger partial charge in [-0.2, -0.15) is 0 Å². The molecule has 1 aliphatic rings. The fourth-order valence-electron chi connectivity index (χ4n) is 3.32. The predicted molar refractivity (Wildman–Crippen MR) is 108 cm³/mol. The largest absolute Gasteiger partial charge is 0.483 e. The molecule has 9 heteroatoms. The second-order valence-corrected chi connectivity index (χ2v) is 8.62. The minimum absolute atomic E-state index is 0.0230. The van der Waals surface area contributed by atoms with E-state index < -0.39 is 6.03 Å². The number of aromatic nitrogens is 1. The van der Waals surface area contributed by atoms with Crippen molar-refractivity contribution in [1.29, 1.82) is 0 Å². The molecule has 0 bridgehead atoms. The first-order valence-electron chi connectivity index (χ1n) is 8.75. The van der Waals surface area contributed by atoms with Crippen molar-refractivity contribution in [2.24, 2.45) is 5.73 Å². The summed E-state index contributed by atoms with van der Waals surface area (Å²) >= 11 is 3.26. The van der Waals surface area contributed by atoms with Crippen LogP contribution in [0.15, 0.2) is 17.5 Å². The minimum Gasteiger partial charge on any atom is -0.483 e. The van der Waals surface area contributed by atoms with Gasteiger partial charge in [-0.15, -0.1) is 22.7 Å². The lowest BCUT2D eigenvalue weighted by molar-refractivity contribution is -0.133. The van der Waals surface area contributed by atoms with E-state index in [1.165, 1.54) is 0 Å². The number of urea groups is 1. The normalized spacial score (nSPS) is 15.3. The van der Waals surface area contributed by atoms with E-state index >= 15 is 0 Å². The van der Waals surface area contributed by atoms with Crippen LogP contribution in [0.3, 0.4) is 0 Å². The monoisotopic (exact) mass is 404 g/mol. The number of thiazole rings is 1. The van der Waals surface area contributed by atoms with Crippen molar-refractivity contribution >= 4 is 54.9 Å². The number of rotatable bonds is 3. The summed E-state index contributed by atoms with van der Waals surface area (Å²) in [4.78, 5) is 31.8. The highest BCUT2D eigenvalue weighted by Gasteiger charge is 2.21. The molecule has 1 saturated heterocycles. The number of thiophene rings is 1. The van der Waals surface area contributed by atoms with Crippen LogP contribution >= 0.6 is 22.7 Å². The SMILES string of the molecule is Cc1nc2c(cc(OCC(=O)N3CCCN(C(N)=O)CC3)c3ccsc32)s1. The van der Waals surface area contributed by atoms with Crippen LogP contribution in [-0.2, 0) is 4.79 Å². The van der Waals surface area contributed by atoms with E-state index in [-0.39, 0.29) is 12.5 Å². The van der Waals surface area contributed by atoms with E-state index in [0.717, 1.165) is 31.7 Å². The summed E-state index contributed by atoms with van der Waals surface area (Å²) in [5.74, 6) is 0.634. The van der Waals surface area contributed by atoms with Crippen molar-refractivity contribution in [1.82, 2.24) is 14.8 Å². The molecule has 3 heterocycles. The van der Waals surface area contributed by atoms with Crippen LogP contribution < -0.4 is 10.5 Å². The topological polar surface area (TPSA) is 88.8 Å². The zero-order chi connectivity index (χ0) is 19.0. The molecular weight excluding hydrogens is 384 g/mol. The maximum atomic E-state index is 12.6. The van der Waals surface area contributed by atoms with Gasteiger partial charge in [0.25, 0.3) is 5.91 Å². The van der Waals surface area contributed by atoms with E-state index in [9.17, 15) is 9.59 Å². The number of hydrogen-bond donors (Lipinski definition) is 1. The van der Waals surface area contributed by atoms with Gasteiger partial charge >= 0.3 is 6.03 Å². The summed E-state index contributed by atoms with van der Waals surface area (Å²) in [6.07, 6.45) is 0.718. The molecule has 0 saturated carbocycles. The lowest BCUT2D eigenvalue weighted by Gasteiger charge is -2.21. The Labute approximate surface area is 164 Å². The number of hydrogen-bond acceptors (Lipinski definition) is 6. The van der Waals surface area contributed by atoms with Crippen molar-refractivity contribution in [2.75, 3.05) is 32.8 Å². The number of ether oxygens (including phenoxy) is 1. The van der Waals surface area contributed by atoms with Crippen LogP contribution in [0.25, 0.3) is 20.3 Å². The number of nitrogens with zero attached hydrogens (tertiary/aromatic N) is 3. The van der Waals surface area contributed by atoms with Crippen molar-refractivity contribution < 1.29 is 14.3 Å². The van der Waals surface area contributed by atoms with E-state index in [0.29, 0.717) is 31.9 Å². The Morgan fingerprint density at radius 1 is 1.26 bits per heavy atom. The molecule has 27 heavy (non-hydrogen) atoms. The third-order valence-electron chi connectivity index (χ3n) is 4.68. The summed E-state index contributed by atoms with van der Waals surface area (Å²) in [6, 6.07) is 3.54. The van der Waals surface area contributed by atoms with Gasteiger partial charge in [0.15, 0.2) is 6.61 Å². The number of carbonyl (C=O) groups is 2. The van der Waals surface area contributed by atoms with Crippen molar-refractivity contribution in [3.05, 3.63) is 22.5 Å². The number of fused-ring (bicyclic) bond motifs is 3. The van der Waals surface area contributed by atoms with Gasteiger partial charge in [0, 0.05) is 37.6 Å². The average Bonchev–Trinajstić information content (AvgIpc) is 3.17. The van der Waals surface area contributed by atoms with Crippen molar-refractivity contribution in [2.45, 2.75) is 13.3 Å². The highest BCUT2D eigenvalue weighted by Crippen LogP contribution is 2.38. The summed E-state index contributed by atoms with van der Waals surface area (Å²) in [7, 11) is 0. The summed E-state index contributed by atoms with van der Waals surface area (Å²) in [5.41, 5.74) is 6.34. The summed E-state index contributed by atoms with van der Waals surface area (Å²) in [5, 5.41) is 4.01. The number of carbonyl (C=O) groups excluding carboxylic acids is 2. The van der Waals surface area contributed by atoms with Gasteiger partial charge in [-0.25, -0.2) is 9.78 Å². The van der Waals surface area contributed by atoms with Crippen LogP contribution in [0.1, 0.15) is 11.4 Å². The zero-order valence-electron chi connectivity index (χ0n) is 14.9. The quantitative estimate of drug-likeness (QED) is 0.727. The van der Waals surface area contributed by atoms with Gasteiger partial charge < -0.3 is 20.3 Å². The first-order chi connectivity index (χ1) is 13.0. The van der Waals surface area contributed by atoms with Gasteiger partial charge in [-0.05, 0) is 24.8 Å². The molecule has 142 valence electrons. The third-order valence-corrected chi connectivity index (χ3v) is 6.52. The Morgan fingerprint density at radius 2 is 2.04 bits per heavy atom. The molecule has 0 aliphatic carbocycles. The van der Waals surface area contributed by atoms with Crippen LogP contribution in [-0.4, -0.2) is 59.5 Å². The number of nitrogens with two attached hydrogens (primary N) is 1. The summed E-state index contributed by atoms with van der Waals surface area (Å²) in [6.45, 7) is 4.09. The molecule has 4 rings (SSSR count). The van der Waals surface area contributed by atoms with Crippen LogP contribution in [0.2, 0.25) is 0 Å². The highest BCUT2D eigenvalue weighted by molar-refractivity contribution is 7.21. The van der Waals surface area contributed by atoms with E-state index in [1.807, 2.05) is 24.4 Å². The first kappa shape index (κ1) is 18.0. The molecule has 0 spiro atoms. The lowest BCUT2D eigenvalue weighted by atomic mass is 10.2. The zero-order valence-corrected chi connectivity index (χ0v) is 16.6. The first-order valence-corrected chi connectivity index (χ1v) is 10.4. The molecule has 1 aliphatic heterocycles. The molecule has 3 aromatic rings. The fourth-order valence-corrected chi connectivity index (χ4v) is 5.16. The number of primary amides is 1. The van der Waals surface area contributed by atoms with Gasteiger partial charge in [-0.3, -0.25) is 4.79 Å². The van der Waals surface area contributed by atoms with Gasteiger partial charge in [-0.1, -0.05) is 0 Å². The van der Waals surface area contributed by atoms with Crippen LogP contribution in [0, 0.1) is 6.92 Å². The Bertz CT molecular complexity index is 1010. The molecule has 1 aromatic carbocycles. The standard InChI is InChI=1S/C18H20N4O3S2/c1-11-20-16-14(27-11)9-13(12-3-8-26-17(12)16)25-10-15(23)21-4-2-5-22(7-6-21)18(19)24/h3,8-9H,2,4-7,10H2,1H3,(H2,19,24). The molecule has 0 unspecified atom stereocenters. The van der Waals surface area contributed by atoms with E-state index in [2.05, 4.69) is 4.98 Å². The number of aryl methyl sites for hydroxylation is 1. The van der Waals surface area contributed by atoms with Crippen LogP contribution in [0.4, 0.5) is 4.79 Å². The predicted octanol–water partition coefficient (Wildman–Crippen LogP) is 2.81. The maximum Gasteiger partial charge on any atom is 0.314 e. The fraction of sp³-hybridized carbons (Fsp3) is 0.389. The molecule has 3 amide bonds. The second kappa shape index (κ2) is 7.32. The molecule has 7 nitrogen and oxygen atoms in total. The minimum atomic E-state index is -0.437. The third kappa shape index (κ3) is 3.57. The Kier molecular flexibility index (Phi) is 4.88. The molecule has 0 atom stereocenters. The average molecular weight is 405 g/mol. The van der Waals surface area contributed by atoms with Crippen molar-refractivity contribution in [3.8, 4) is 5.75 Å². The summed E-state index contributed by atoms with van der Waals surface area (Å²) < 4.78 is 8.07. The Morgan fingerprint density at radius 3 is 2.85 bits per heavy atom. The Hall–Kier alpha value is -2.39. The Balaban J connectivity index is 1.48. The number of amides is 3. The van der Waals surface area contributed by atoms with E-state index in [1.54, 1.807) is 32.5 Å². The highest BCUT2D eigenvalue weighted by atomic mass is 32.1. The molecule has 2 N–H and O–H groups in total. The van der Waals surface area contributed by atoms with Crippen molar-refractivity contribution in [3.63, 3.8) is 0 Å². The van der Waals surface area contributed by atoms with E-state index in [4.69, 9.17) is 10.5 Å². The molecular formula is C18H20N4O3S2. The maximum absolute atomic E-state index is 12.6.